The summed E-state index contributed by atoms with van der Waals surface area (Å²) >= 11 is 3.48. The molecular formula is C12H13BrN4O. The minimum Gasteiger partial charge on any atom is -0.317 e. The first-order valence-electron chi connectivity index (χ1n) is 5.76. The Bertz CT molecular complexity index is 505. The summed E-state index contributed by atoms with van der Waals surface area (Å²) in [6.45, 7) is 1.49. The SMILES string of the molecule is [N-]=[N+]=NC(=O)C1(c2ccccc2Br)CCNCC1. The van der Waals surface area contributed by atoms with Crippen LogP contribution >= 0.6 is 15.9 Å². The van der Waals surface area contributed by atoms with Crippen molar-refractivity contribution in [1.82, 2.24) is 5.32 Å². The lowest BCUT2D eigenvalue weighted by Gasteiger charge is -2.36. The first kappa shape index (κ1) is 13.1. The van der Waals surface area contributed by atoms with Gasteiger partial charge in [-0.1, -0.05) is 34.1 Å². The van der Waals surface area contributed by atoms with Crippen LogP contribution in [0.25, 0.3) is 10.4 Å². The summed E-state index contributed by atoms with van der Waals surface area (Å²) in [5, 5.41) is 6.55. The molecule has 5 nitrogen and oxygen atoms in total. The summed E-state index contributed by atoms with van der Waals surface area (Å²) in [7, 11) is 0. The van der Waals surface area contributed by atoms with Crippen molar-refractivity contribution >= 4 is 21.8 Å². The van der Waals surface area contributed by atoms with Gasteiger partial charge in [-0.25, -0.2) is 0 Å². The number of hydrogen-bond acceptors (Lipinski definition) is 2. The molecule has 1 aliphatic rings. The summed E-state index contributed by atoms with van der Waals surface area (Å²) in [5.74, 6) is -0.390. The largest absolute Gasteiger partial charge is 0.317 e. The Morgan fingerprint density at radius 3 is 2.67 bits per heavy atom. The van der Waals surface area contributed by atoms with E-state index in [1.165, 1.54) is 0 Å². The molecule has 0 atom stereocenters. The Labute approximate surface area is 113 Å². The molecule has 1 heterocycles. The van der Waals surface area contributed by atoms with Crippen molar-refractivity contribution in [2.75, 3.05) is 13.1 Å². The Morgan fingerprint density at radius 2 is 2.06 bits per heavy atom. The van der Waals surface area contributed by atoms with Crippen LogP contribution in [-0.4, -0.2) is 19.0 Å². The maximum atomic E-state index is 12.2. The second-order valence-electron chi connectivity index (χ2n) is 4.31. The van der Waals surface area contributed by atoms with E-state index < -0.39 is 11.3 Å². The Balaban J connectivity index is 2.51. The second kappa shape index (κ2) is 5.52. The van der Waals surface area contributed by atoms with Crippen LogP contribution in [0.1, 0.15) is 18.4 Å². The molecule has 0 aliphatic carbocycles. The fourth-order valence-corrected chi connectivity index (χ4v) is 3.10. The van der Waals surface area contributed by atoms with Crippen LogP contribution in [0.3, 0.4) is 0 Å². The summed E-state index contributed by atoms with van der Waals surface area (Å²) in [5.41, 5.74) is 8.72. The standard InChI is InChI=1S/C12H13BrN4O/c13-10-4-2-1-3-9(10)12(11(18)16-17-14)5-7-15-8-6-12/h1-4,15H,5-8H2. The molecular weight excluding hydrogens is 296 g/mol. The third kappa shape index (κ3) is 2.27. The lowest BCUT2D eigenvalue weighted by molar-refractivity contribution is -0.124. The predicted molar refractivity (Wildman–Crippen MR) is 72.1 cm³/mol. The normalized spacial score (nSPS) is 17.8. The molecule has 0 radical (unpaired) electrons. The molecule has 1 fully saturated rings. The molecule has 94 valence electrons. The maximum absolute atomic E-state index is 12.2. The summed E-state index contributed by atoms with van der Waals surface area (Å²) in [6.07, 6.45) is 1.29. The van der Waals surface area contributed by atoms with Crippen molar-refractivity contribution < 1.29 is 4.79 Å². The number of carbonyl (C=O) groups is 1. The molecule has 1 amide bonds. The highest BCUT2D eigenvalue weighted by molar-refractivity contribution is 9.10. The molecule has 6 heteroatoms. The molecule has 0 aromatic heterocycles. The first-order valence-corrected chi connectivity index (χ1v) is 6.55. The van der Waals surface area contributed by atoms with E-state index in [1.54, 1.807) is 0 Å². The first-order chi connectivity index (χ1) is 8.70. The van der Waals surface area contributed by atoms with Crippen molar-refractivity contribution in [3.05, 3.63) is 44.7 Å². The van der Waals surface area contributed by atoms with Crippen LogP contribution in [0, 0.1) is 0 Å². The maximum Gasteiger partial charge on any atom is 0.229 e. The molecule has 0 unspecified atom stereocenters. The highest BCUT2D eigenvalue weighted by Crippen LogP contribution is 2.38. The van der Waals surface area contributed by atoms with Crippen LogP contribution in [0.2, 0.25) is 0 Å². The van der Waals surface area contributed by atoms with Crippen LogP contribution < -0.4 is 5.32 Å². The topological polar surface area (TPSA) is 77.9 Å². The Kier molecular flexibility index (Phi) is 4.01. The number of carbonyl (C=O) groups excluding carboxylic acids is 1. The summed E-state index contributed by atoms with van der Waals surface area (Å²) < 4.78 is 0.883. The third-order valence-electron chi connectivity index (χ3n) is 3.39. The van der Waals surface area contributed by atoms with Crippen molar-refractivity contribution in [1.29, 1.82) is 0 Å². The molecule has 1 N–H and O–H groups in total. The van der Waals surface area contributed by atoms with Crippen LogP contribution in [-0.2, 0) is 10.2 Å². The van der Waals surface area contributed by atoms with E-state index in [0.717, 1.165) is 23.1 Å². The molecule has 2 rings (SSSR count). The lowest BCUT2D eigenvalue weighted by Crippen LogP contribution is -2.45. The van der Waals surface area contributed by atoms with Crippen molar-refractivity contribution in [3.63, 3.8) is 0 Å². The average Bonchev–Trinajstić information content (AvgIpc) is 2.40. The summed E-state index contributed by atoms with van der Waals surface area (Å²) in [6, 6.07) is 7.62. The van der Waals surface area contributed by atoms with Crippen molar-refractivity contribution in [2.45, 2.75) is 18.3 Å². The third-order valence-corrected chi connectivity index (χ3v) is 4.08. The second-order valence-corrected chi connectivity index (χ2v) is 5.16. The van der Waals surface area contributed by atoms with E-state index in [-0.39, 0.29) is 0 Å². The van der Waals surface area contributed by atoms with Gasteiger partial charge in [0, 0.05) is 9.38 Å². The van der Waals surface area contributed by atoms with Gasteiger partial charge in [0.25, 0.3) is 0 Å². The molecule has 0 bridgehead atoms. The van der Waals surface area contributed by atoms with E-state index >= 15 is 0 Å². The van der Waals surface area contributed by atoms with Gasteiger partial charge in [0.1, 0.15) is 0 Å². The number of benzene rings is 1. The highest BCUT2D eigenvalue weighted by Gasteiger charge is 2.41. The number of nitrogens with zero attached hydrogens (tertiary/aromatic N) is 3. The van der Waals surface area contributed by atoms with E-state index in [9.17, 15) is 4.79 Å². The van der Waals surface area contributed by atoms with Crippen LogP contribution in [0.4, 0.5) is 0 Å². The van der Waals surface area contributed by atoms with E-state index in [2.05, 4.69) is 31.3 Å². The predicted octanol–water partition coefficient (Wildman–Crippen LogP) is 2.91. The Morgan fingerprint density at radius 1 is 1.39 bits per heavy atom. The zero-order valence-corrected chi connectivity index (χ0v) is 11.4. The molecule has 0 spiro atoms. The van der Waals surface area contributed by atoms with Gasteiger partial charge in [-0.3, -0.25) is 4.79 Å². The number of amides is 1. The van der Waals surface area contributed by atoms with Gasteiger partial charge in [0.2, 0.25) is 5.91 Å². The number of hydrogen-bond donors (Lipinski definition) is 1. The number of rotatable bonds is 2. The van der Waals surface area contributed by atoms with E-state index in [4.69, 9.17) is 5.53 Å². The van der Waals surface area contributed by atoms with Gasteiger partial charge in [-0.2, -0.15) is 0 Å². The van der Waals surface area contributed by atoms with Crippen molar-refractivity contribution in [3.8, 4) is 0 Å². The zero-order chi connectivity index (χ0) is 13.0. The molecule has 0 saturated carbocycles. The molecule has 1 aromatic carbocycles. The Hall–Kier alpha value is -1.36. The molecule has 1 aliphatic heterocycles. The monoisotopic (exact) mass is 308 g/mol. The molecule has 18 heavy (non-hydrogen) atoms. The molecule has 1 saturated heterocycles. The minimum absolute atomic E-state index is 0.390. The summed E-state index contributed by atoms with van der Waals surface area (Å²) in [4.78, 5) is 14.9. The highest BCUT2D eigenvalue weighted by atomic mass is 79.9. The lowest BCUT2D eigenvalue weighted by atomic mass is 9.72. The fourth-order valence-electron chi connectivity index (χ4n) is 2.44. The minimum atomic E-state index is -0.697. The quantitative estimate of drug-likeness (QED) is 0.518. The van der Waals surface area contributed by atoms with Crippen molar-refractivity contribution in [2.24, 2.45) is 5.11 Å². The van der Waals surface area contributed by atoms with E-state index in [0.29, 0.717) is 12.8 Å². The van der Waals surface area contributed by atoms with Gasteiger partial charge < -0.3 is 5.32 Å². The van der Waals surface area contributed by atoms with Gasteiger partial charge >= 0.3 is 0 Å². The van der Waals surface area contributed by atoms with Crippen LogP contribution in [0.15, 0.2) is 33.9 Å². The average molecular weight is 309 g/mol. The van der Waals surface area contributed by atoms with E-state index in [1.807, 2.05) is 24.3 Å². The smallest absolute Gasteiger partial charge is 0.229 e. The van der Waals surface area contributed by atoms with Gasteiger partial charge in [0.05, 0.1) is 5.41 Å². The van der Waals surface area contributed by atoms with Gasteiger partial charge in [-0.05, 0) is 48.2 Å². The number of azide groups is 1. The van der Waals surface area contributed by atoms with Gasteiger partial charge in [-0.15, -0.1) is 0 Å². The number of halogens is 1. The molecule has 1 aromatic rings. The number of piperidine rings is 1. The van der Waals surface area contributed by atoms with Crippen LogP contribution in [0.5, 0.6) is 0 Å². The van der Waals surface area contributed by atoms with Gasteiger partial charge in [0.15, 0.2) is 0 Å². The zero-order valence-electron chi connectivity index (χ0n) is 9.77. The number of nitrogens with one attached hydrogen (secondary N) is 1. The fraction of sp³-hybridized carbons (Fsp3) is 0.417.